The summed E-state index contributed by atoms with van der Waals surface area (Å²) in [6.45, 7) is 9.05. The molecule has 0 amide bonds. The van der Waals surface area contributed by atoms with Gasteiger partial charge < -0.3 is 0 Å². The molecule has 158 valence electrons. The molecule has 2 heteroatoms. The van der Waals surface area contributed by atoms with E-state index in [4.69, 9.17) is 0 Å². The van der Waals surface area contributed by atoms with Crippen molar-refractivity contribution in [3.8, 4) is 0 Å². The summed E-state index contributed by atoms with van der Waals surface area (Å²) in [7, 11) is 0. The molecule has 0 aromatic rings. The molecule has 0 aliphatic carbocycles. The van der Waals surface area contributed by atoms with Crippen LogP contribution in [0.15, 0.2) is 0 Å². The normalized spacial score (nSPS) is 9.92. The SMILES string of the molecule is CCCCCCCC.CCCCCCC[CH2][SnH].CCCCCCC[CH2][SnH]. The minimum atomic E-state index is 1.36. The van der Waals surface area contributed by atoms with Crippen molar-refractivity contribution in [1.82, 2.24) is 0 Å². The summed E-state index contributed by atoms with van der Waals surface area (Å²) in [6.07, 6.45) is 26.0. The standard InChI is InChI=1S/C8H18.2C8H17.2Sn.2H/c3*1-3-5-7-8-6-4-2;;;;/h3-8H2,1-2H3;2*1,3-8H2,2H3;;;;. The van der Waals surface area contributed by atoms with Crippen LogP contribution in [0.2, 0.25) is 8.87 Å². The third-order valence-electron chi connectivity index (χ3n) is 4.57. The zero-order chi connectivity index (χ0) is 20.1. The van der Waals surface area contributed by atoms with Crippen molar-refractivity contribution < 1.29 is 0 Å². The monoisotopic (exact) mass is 582 g/mol. The summed E-state index contributed by atoms with van der Waals surface area (Å²) in [5.74, 6) is 0. The molecule has 0 heterocycles. The van der Waals surface area contributed by atoms with E-state index in [1.54, 1.807) is 0 Å². The van der Waals surface area contributed by atoms with E-state index in [0.717, 1.165) is 0 Å². The van der Waals surface area contributed by atoms with Crippen molar-refractivity contribution in [3.63, 3.8) is 0 Å². The molecule has 0 bridgehead atoms. The maximum atomic E-state index is 2.27. The molecule has 0 aliphatic heterocycles. The Bertz CT molecular complexity index is 151. The molecule has 0 saturated carbocycles. The second-order valence-corrected chi connectivity index (χ2v) is 10.8. The van der Waals surface area contributed by atoms with Crippen LogP contribution < -0.4 is 0 Å². The molecule has 0 atom stereocenters. The first-order valence-corrected chi connectivity index (χ1v) is 16.8. The van der Waals surface area contributed by atoms with Crippen LogP contribution in [0.4, 0.5) is 0 Å². The van der Waals surface area contributed by atoms with Gasteiger partial charge in [0.15, 0.2) is 0 Å². The average Bonchev–Trinajstić information content (AvgIpc) is 2.66. The van der Waals surface area contributed by atoms with Gasteiger partial charge in [-0.1, -0.05) is 52.4 Å². The summed E-state index contributed by atoms with van der Waals surface area (Å²) in [5.41, 5.74) is 0. The molecule has 0 N–H and O–H groups in total. The van der Waals surface area contributed by atoms with Crippen molar-refractivity contribution in [2.24, 2.45) is 0 Å². The summed E-state index contributed by atoms with van der Waals surface area (Å²) >= 11 is 2.93. The van der Waals surface area contributed by atoms with Gasteiger partial charge >= 0.3 is 145 Å². The second-order valence-electron chi connectivity index (χ2n) is 7.53. The first-order chi connectivity index (χ1) is 12.7. The Hall–Kier alpha value is 1.60. The van der Waals surface area contributed by atoms with E-state index in [0.29, 0.717) is 0 Å². The summed E-state index contributed by atoms with van der Waals surface area (Å²) in [6, 6.07) is 0. The zero-order valence-electron chi connectivity index (χ0n) is 19.3. The molecular weight excluding hydrogens is 526 g/mol. The fraction of sp³-hybridized carbons (Fsp3) is 1.00. The van der Waals surface area contributed by atoms with Gasteiger partial charge in [-0.3, -0.25) is 0 Å². The Labute approximate surface area is 196 Å². The van der Waals surface area contributed by atoms with Gasteiger partial charge in [0.1, 0.15) is 0 Å². The van der Waals surface area contributed by atoms with Gasteiger partial charge in [0.25, 0.3) is 0 Å². The number of hydrogen-bond donors (Lipinski definition) is 0. The molecule has 0 nitrogen and oxygen atoms in total. The fourth-order valence-corrected chi connectivity index (χ4v) is 4.35. The van der Waals surface area contributed by atoms with Crippen molar-refractivity contribution in [1.29, 1.82) is 0 Å². The predicted molar refractivity (Wildman–Crippen MR) is 130 cm³/mol. The quantitative estimate of drug-likeness (QED) is 0.119. The molecule has 0 saturated heterocycles. The van der Waals surface area contributed by atoms with Crippen LogP contribution in [0.3, 0.4) is 0 Å². The molecular formula is C24H54Sn2. The fourth-order valence-electron chi connectivity index (χ4n) is 2.70. The second kappa shape index (κ2) is 37.4. The summed E-state index contributed by atoms with van der Waals surface area (Å²) in [5, 5.41) is 0. The van der Waals surface area contributed by atoms with Crippen molar-refractivity contribution >= 4 is 45.0 Å². The summed E-state index contributed by atoms with van der Waals surface area (Å²) < 4.78 is 2.99. The third-order valence-corrected chi connectivity index (χ3v) is 6.90. The van der Waals surface area contributed by atoms with E-state index in [1.165, 1.54) is 169 Å². The molecule has 0 fully saturated rings. The Balaban J connectivity index is -0.000000306. The van der Waals surface area contributed by atoms with Gasteiger partial charge in [-0.05, 0) is 0 Å². The van der Waals surface area contributed by atoms with E-state index in [-0.39, 0.29) is 0 Å². The number of hydrogen-bond acceptors (Lipinski definition) is 0. The zero-order valence-corrected chi connectivity index (χ0v) is 25.9. The van der Waals surface area contributed by atoms with E-state index in [9.17, 15) is 0 Å². The van der Waals surface area contributed by atoms with Crippen molar-refractivity contribution in [2.45, 2.75) is 152 Å². The number of rotatable bonds is 17. The minimum absolute atomic E-state index is 1.36. The summed E-state index contributed by atoms with van der Waals surface area (Å²) in [4.78, 5) is 0. The molecule has 26 heavy (non-hydrogen) atoms. The first-order valence-electron chi connectivity index (χ1n) is 12.1. The first kappa shape index (κ1) is 32.3. The Morgan fingerprint density at radius 3 is 0.692 bits per heavy atom. The maximum absolute atomic E-state index is 2.27. The van der Waals surface area contributed by atoms with Gasteiger partial charge in [0, 0.05) is 0 Å². The number of unbranched alkanes of at least 4 members (excludes halogenated alkanes) is 15. The van der Waals surface area contributed by atoms with Crippen LogP contribution in [0.5, 0.6) is 0 Å². The van der Waals surface area contributed by atoms with Gasteiger partial charge in [0.05, 0.1) is 0 Å². The van der Waals surface area contributed by atoms with Gasteiger partial charge in [-0.2, -0.15) is 0 Å². The van der Waals surface area contributed by atoms with E-state index in [1.807, 2.05) is 0 Å². The van der Waals surface area contributed by atoms with Crippen molar-refractivity contribution in [3.05, 3.63) is 0 Å². The van der Waals surface area contributed by atoms with Gasteiger partial charge in [-0.15, -0.1) is 0 Å². The van der Waals surface area contributed by atoms with Crippen LogP contribution in [0.1, 0.15) is 143 Å². The van der Waals surface area contributed by atoms with E-state index < -0.39 is 0 Å². The van der Waals surface area contributed by atoms with Crippen LogP contribution >= 0.6 is 0 Å². The molecule has 0 aromatic heterocycles. The molecule has 4 radical (unpaired) electrons. The average molecular weight is 580 g/mol. The Kier molecular flexibility index (Phi) is 46.4. The Morgan fingerprint density at radius 1 is 0.308 bits per heavy atom. The van der Waals surface area contributed by atoms with E-state index in [2.05, 4.69) is 27.7 Å². The van der Waals surface area contributed by atoms with Gasteiger partial charge in [-0.25, -0.2) is 0 Å². The predicted octanol–water partition coefficient (Wildman–Crippen LogP) is 8.70. The van der Waals surface area contributed by atoms with Crippen molar-refractivity contribution in [2.75, 3.05) is 0 Å². The van der Waals surface area contributed by atoms with Gasteiger partial charge in [0.2, 0.25) is 0 Å². The topological polar surface area (TPSA) is 0 Å². The van der Waals surface area contributed by atoms with E-state index >= 15 is 0 Å². The molecule has 0 rings (SSSR count). The van der Waals surface area contributed by atoms with Crippen LogP contribution in [-0.4, -0.2) is 45.0 Å². The third kappa shape index (κ3) is 44.8. The van der Waals surface area contributed by atoms with Crippen LogP contribution in [0.25, 0.3) is 0 Å². The Morgan fingerprint density at radius 2 is 0.500 bits per heavy atom. The molecule has 0 unspecified atom stereocenters. The van der Waals surface area contributed by atoms with Crippen LogP contribution in [-0.2, 0) is 0 Å². The van der Waals surface area contributed by atoms with Crippen LogP contribution in [0, 0.1) is 0 Å². The molecule has 0 spiro atoms. The molecule has 0 aliphatic rings. The molecule has 0 aromatic carbocycles.